The summed E-state index contributed by atoms with van der Waals surface area (Å²) in [6.07, 6.45) is 4.10. The van der Waals surface area contributed by atoms with Crippen LogP contribution in [-0.4, -0.2) is 17.6 Å². The van der Waals surface area contributed by atoms with Crippen LogP contribution in [0.4, 0.5) is 0 Å². The van der Waals surface area contributed by atoms with Gasteiger partial charge in [-0.2, -0.15) is 0 Å². The Morgan fingerprint density at radius 2 is 2.36 bits per heavy atom. The van der Waals surface area contributed by atoms with Gasteiger partial charge in [0.05, 0.1) is 0 Å². The van der Waals surface area contributed by atoms with Gasteiger partial charge in [0.2, 0.25) is 0 Å². The molecule has 1 saturated carbocycles. The Bertz CT molecular complexity index is 312. The Morgan fingerprint density at radius 1 is 1.71 bits per heavy atom. The molecular weight excluding hydrogens is 182 g/mol. The average molecular weight is 195 g/mol. The molecule has 5 heteroatoms. The van der Waals surface area contributed by atoms with E-state index in [4.69, 9.17) is 10.6 Å². The quantitative estimate of drug-likeness (QED) is 0.316. The molecule has 0 atom stereocenters. The molecular formula is C9H13N3O2. The fraction of sp³-hybridized carbons (Fsp3) is 0.667. The highest BCUT2D eigenvalue weighted by atomic mass is 16.4. The van der Waals surface area contributed by atoms with Gasteiger partial charge >= 0.3 is 5.97 Å². The van der Waals surface area contributed by atoms with Gasteiger partial charge in [0, 0.05) is 17.0 Å². The smallest absolute Gasteiger partial charge is 0.331 e. The SMILES string of the molecule is CC/C(=C\C1(CN=[N+]=[N-])CC1)C(=O)O. The molecule has 1 aliphatic rings. The van der Waals surface area contributed by atoms with Crippen molar-refractivity contribution in [2.24, 2.45) is 10.5 Å². The summed E-state index contributed by atoms with van der Waals surface area (Å²) in [5.74, 6) is -0.875. The topological polar surface area (TPSA) is 86.1 Å². The van der Waals surface area contributed by atoms with Crippen LogP contribution in [-0.2, 0) is 4.79 Å². The third-order valence-electron chi connectivity index (χ3n) is 2.48. The Hall–Kier alpha value is -1.48. The summed E-state index contributed by atoms with van der Waals surface area (Å²) in [5.41, 5.74) is 8.44. The van der Waals surface area contributed by atoms with Crippen molar-refractivity contribution in [1.29, 1.82) is 0 Å². The molecule has 0 aromatic carbocycles. The number of nitrogens with zero attached hydrogens (tertiary/aromatic N) is 3. The minimum atomic E-state index is -0.875. The first kappa shape index (κ1) is 10.6. The second-order valence-electron chi connectivity index (χ2n) is 3.58. The number of azide groups is 1. The predicted molar refractivity (Wildman–Crippen MR) is 51.7 cm³/mol. The fourth-order valence-electron chi connectivity index (χ4n) is 1.37. The predicted octanol–water partition coefficient (Wildman–Crippen LogP) is 2.50. The molecule has 14 heavy (non-hydrogen) atoms. The van der Waals surface area contributed by atoms with Crippen LogP contribution in [0.5, 0.6) is 0 Å². The summed E-state index contributed by atoms with van der Waals surface area (Å²) in [4.78, 5) is 13.4. The van der Waals surface area contributed by atoms with E-state index >= 15 is 0 Å². The molecule has 5 nitrogen and oxygen atoms in total. The summed E-state index contributed by atoms with van der Waals surface area (Å²) in [6.45, 7) is 2.18. The molecule has 1 aliphatic carbocycles. The molecule has 1 rings (SSSR count). The van der Waals surface area contributed by atoms with E-state index in [-0.39, 0.29) is 5.41 Å². The van der Waals surface area contributed by atoms with Gasteiger partial charge in [-0.05, 0) is 30.2 Å². The Labute approximate surface area is 82.1 Å². The Kier molecular flexibility index (Phi) is 3.14. The normalized spacial score (nSPS) is 18.5. The maximum Gasteiger partial charge on any atom is 0.331 e. The van der Waals surface area contributed by atoms with E-state index in [1.165, 1.54) is 0 Å². The van der Waals surface area contributed by atoms with E-state index in [1.807, 2.05) is 6.92 Å². The van der Waals surface area contributed by atoms with Gasteiger partial charge in [0.15, 0.2) is 0 Å². The van der Waals surface area contributed by atoms with E-state index in [0.29, 0.717) is 18.5 Å². The van der Waals surface area contributed by atoms with Crippen molar-refractivity contribution in [2.75, 3.05) is 6.54 Å². The molecule has 0 amide bonds. The van der Waals surface area contributed by atoms with Crippen LogP contribution in [0.2, 0.25) is 0 Å². The summed E-state index contributed by atoms with van der Waals surface area (Å²) in [6, 6.07) is 0. The van der Waals surface area contributed by atoms with Crippen molar-refractivity contribution in [3.8, 4) is 0 Å². The van der Waals surface area contributed by atoms with Crippen molar-refractivity contribution in [3.63, 3.8) is 0 Å². The lowest BCUT2D eigenvalue weighted by molar-refractivity contribution is -0.132. The maximum atomic E-state index is 10.7. The first-order chi connectivity index (χ1) is 6.63. The highest BCUT2D eigenvalue weighted by Gasteiger charge is 2.40. The fourth-order valence-corrected chi connectivity index (χ4v) is 1.37. The van der Waals surface area contributed by atoms with Gasteiger partial charge in [-0.1, -0.05) is 18.1 Å². The summed E-state index contributed by atoms with van der Waals surface area (Å²) in [5, 5.41) is 12.3. The molecule has 0 aromatic rings. The third-order valence-corrected chi connectivity index (χ3v) is 2.48. The zero-order valence-electron chi connectivity index (χ0n) is 8.10. The van der Waals surface area contributed by atoms with Crippen LogP contribution < -0.4 is 0 Å². The van der Waals surface area contributed by atoms with Gasteiger partial charge in [0.25, 0.3) is 0 Å². The molecule has 0 heterocycles. The van der Waals surface area contributed by atoms with Gasteiger partial charge < -0.3 is 5.11 Å². The molecule has 1 fully saturated rings. The van der Waals surface area contributed by atoms with Crippen LogP contribution in [0.3, 0.4) is 0 Å². The zero-order chi connectivity index (χ0) is 10.6. The van der Waals surface area contributed by atoms with Crippen molar-refractivity contribution in [1.82, 2.24) is 0 Å². The highest BCUT2D eigenvalue weighted by Crippen LogP contribution is 2.48. The molecule has 0 aliphatic heterocycles. The molecule has 0 bridgehead atoms. The summed E-state index contributed by atoms with van der Waals surface area (Å²) < 4.78 is 0. The standard InChI is InChI=1S/C9H13N3O2/c1-2-7(8(13)14)5-9(3-4-9)6-11-12-10/h5H,2-4,6H2,1H3,(H,13,14)/b7-5+. The van der Waals surface area contributed by atoms with E-state index in [1.54, 1.807) is 6.08 Å². The first-order valence-corrected chi connectivity index (χ1v) is 4.59. The molecule has 0 aromatic heterocycles. The van der Waals surface area contributed by atoms with Crippen molar-refractivity contribution in [3.05, 3.63) is 22.1 Å². The van der Waals surface area contributed by atoms with E-state index in [2.05, 4.69) is 10.0 Å². The molecule has 0 spiro atoms. The van der Waals surface area contributed by atoms with Crippen LogP contribution >= 0.6 is 0 Å². The number of carboxylic acid groups (broad SMARTS) is 1. The molecule has 0 saturated heterocycles. The monoisotopic (exact) mass is 195 g/mol. The minimum Gasteiger partial charge on any atom is -0.478 e. The lowest BCUT2D eigenvalue weighted by Gasteiger charge is -2.06. The molecule has 76 valence electrons. The van der Waals surface area contributed by atoms with Gasteiger partial charge in [-0.3, -0.25) is 0 Å². The maximum absolute atomic E-state index is 10.7. The van der Waals surface area contributed by atoms with Crippen molar-refractivity contribution < 1.29 is 9.90 Å². The van der Waals surface area contributed by atoms with Crippen LogP contribution in [0.15, 0.2) is 16.8 Å². The number of hydrogen-bond donors (Lipinski definition) is 1. The van der Waals surface area contributed by atoms with Crippen molar-refractivity contribution >= 4 is 5.97 Å². The minimum absolute atomic E-state index is 0.157. The number of hydrogen-bond acceptors (Lipinski definition) is 2. The van der Waals surface area contributed by atoms with E-state index in [9.17, 15) is 4.79 Å². The summed E-state index contributed by atoms with van der Waals surface area (Å²) >= 11 is 0. The summed E-state index contributed by atoms with van der Waals surface area (Å²) in [7, 11) is 0. The van der Waals surface area contributed by atoms with E-state index < -0.39 is 5.97 Å². The lowest BCUT2D eigenvalue weighted by atomic mass is 10.0. The van der Waals surface area contributed by atoms with Gasteiger partial charge in [0.1, 0.15) is 0 Å². The number of aliphatic carboxylic acids is 1. The number of carboxylic acids is 1. The molecule has 0 unspecified atom stereocenters. The largest absolute Gasteiger partial charge is 0.478 e. The van der Waals surface area contributed by atoms with Gasteiger partial charge in [-0.15, -0.1) is 0 Å². The third kappa shape index (κ3) is 2.50. The van der Waals surface area contributed by atoms with Crippen LogP contribution in [0.1, 0.15) is 26.2 Å². The number of rotatable bonds is 5. The van der Waals surface area contributed by atoms with Crippen LogP contribution in [0, 0.1) is 5.41 Å². The lowest BCUT2D eigenvalue weighted by Crippen LogP contribution is -2.06. The van der Waals surface area contributed by atoms with E-state index in [0.717, 1.165) is 12.8 Å². The first-order valence-electron chi connectivity index (χ1n) is 4.59. The Balaban J connectivity index is 2.73. The highest BCUT2D eigenvalue weighted by molar-refractivity contribution is 5.86. The average Bonchev–Trinajstić information content (AvgIpc) is 2.91. The Morgan fingerprint density at radius 3 is 2.71 bits per heavy atom. The molecule has 1 N–H and O–H groups in total. The molecule has 0 radical (unpaired) electrons. The zero-order valence-corrected chi connectivity index (χ0v) is 8.10. The second-order valence-corrected chi connectivity index (χ2v) is 3.58. The van der Waals surface area contributed by atoms with Gasteiger partial charge in [-0.25, -0.2) is 4.79 Å². The van der Waals surface area contributed by atoms with Crippen LogP contribution in [0.25, 0.3) is 10.4 Å². The second kappa shape index (κ2) is 4.15. The van der Waals surface area contributed by atoms with Crippen molar-refractivity contribution in [2.45, 2.75) is 26.2 Å². The number of carbonyl (C=O) groups is 1.